The van der Waals surface area contributed by atoms with Gasteiger partial charge in [0.1, 0.15) is 6.61 Å². The Bertz CT molecular complexity index is 347. The van der Waals surface area contributed by atoms with Gasteiger partial charge < -0.3 is 4.74 Å². The smallest absolute Gasteiger partial charge is 0.190 e. The maximum atomic E-state index is 11.7. The lowest BCUT2D eigenvalue weighted by atomic mass is 10.1. The lowest BCUT2D eigenvalue weighted by molar-refractivity contribution is 0.0760. The molecular weight excluding hydrogens is 190 g/mol. The molecule has 0 aliphatic carbocycles. The molecule has 3 heteroatoms. The van der Waals surface area contributed by atoms with E-state index in [2.05, 4.69) is 4.98 Å². The van der Waals surface area contributed by atoms with Crippen LogP contribution in [-0.2, 0) is 4.74 Å². The minimum atomic E-state index is 0.00782. The van der Waals surface area contributed by atoms with E-state index in [9.17, 15) is 4.79 Å². The SMILES string of the molecule is CCCOCC(=O)c1ccc(C)nc1C. The Labute approximate surface area is 90.5 Å². The van der Waals surface area contributed by atoms with E-state index in [1.165, 1.54) is 0 Å². The Hall–Kier alpha value is -1.22. The fourth-order valence-electron chi connectivity index (χ4n) is 1.37. The zero-order valence-corrected chi connectivity index (χ0v) is 9.54. The van der Waals surface area contributed by atoms with Gasteiger partial charge in [0.2, 0.25) is 0 Å². The summed E-state index contributed by atoms with van der Waals surface area (Å²) in [4.78, 5) is 15.9. The Balaban J connectivity index is 2.65. The third-order valence-electron chi connectivity index (χ3n) is 2.11. The number of pyridine rings is 1. The van der Waals surface area contributed by atoms with Crippen LogP contribution in [0.25, 0.3) is 0 Å². The first-order valence-corrected chi connectivity index (χ1v) is 5.20. The molecule has 1 aromatic rings. The lowest BCUT2D eigenvalue weighted by Crippen LogP contribution is -2.12. The van der Waals surface area contributed by atoms with E-state index in [4.69, 9.17) is 4.74 Å². The van der Waals surface area contributed by atoms with Crippen molar-refractivity contribution in [3.05, 3.63) is 29.1 Å². The Kier molecular flexibility index (Phi) is 4.43. The van der Waals surface area contributed by atoms with Gasteiger partial charge in [0.05, 0.1) is 0 Å². The summed E-state index contributed by atoms with van der Waals surface area (Å²) >= 11 is 0. The van der Waals surface area contributed by atoms with Crippen LogP contribution in [0.2, 0.25) is 0 Å². The summed E-state index contributed by atoms with van der Waals surface area (Å²) < 4.78 is 5.21. The van der Waals surface area contributed by atoms with Gasteiger partial charge in [-0.1, -0.05) is 6.92 Å². The van der Waals surface area contributed by atoms with Crippen LogP contribution in [0.3, 0.4) is 0 Å². The quantitative estimate of drug-likeness (QED) is 0.549. The molecule has 0 aliphatic heterocycles. The van der Waals surface area contributed by atoms with Crippen LogP contribution in [0.1, 0.15) is 35.1 Å². The van der Waals surface area contributed by atoms with Gasteiger partial charge in [-0.05, 0) is 32.4 Å². The second-order valence-electron chi connectivity index (χ2n) is 3.56. The number of ketones is 1. The van der Waals surface area contributed by atoms with Gasteiger partial charge in [-0.3, -0.25) is 9.78 Å². The van der Waals surface area contributed by atoms with Crippen molar-refractivity contribution in [2.75, 3.05) is 13.2 Å². The van der Waals surface area contributed by atoms with Crippen LogP contribution < -0.4 is 0 Å². The first-order chi connectivity index (χ1) is 7.15. The summed E-state index contributed by atoms with van der Waals surface area (Å²) in [5.41, 5.74) is 2.37. The van der Waals surface area contributed by atoms with E-state index >= 15 is 0 Å². The molecule has 1 heterocycles. The molecule has 0 unspecified atom stereocenters. The van der Waals surface area contributed by atoms with Crippen molar-refractivity contribution >= 4 is 5.78 Å². The number of ether oxygens (including phenoxy) is 1. The van der Waals surface area contributed by atoms with Gasteiger partial charge in [-0.2, -0.15) is 0 Å². The van der Waals surface area contributed by atoms with Gasteiger partial charge in [-0.25, -0.2) is 0 Å². The number of aromatic nitrogens is 1. The fraction of sp³-hybridized carbons (Fsp3) is 0.500. The standard InChI is InChI=1S/C12H17NO2/c1-4-7-15-8-12(14)11-6-5-9(2)13-10(11)3/h5-6H,4,7-8H2,1-3H3. The van der Waals surface area contributed by atoms with E-state index in [0.29, 0.717) is 12.2 Å². The average Bonchev–Trinajstić information content (AvgIpc) is 2.17. The topological polar surface area (TPSA) is 39.2 Å². The van der Waals surface area contributed by atoms with Gasteiger partial charge >= 0.3 is 0 Å². The summed E-state index contributed by atoms with van der Waals surface area (Å²) in [6.45, 7) is 6.56. The second-order valence-corrected chi connectivity index (χ2v) is 3.56. The highest BCUT2D eigenvalue weighted by molar-refractivity contribution is 5.97. The van der Waals surface area contributed by atoms with Gasteiger partial charge in [0.15, 0.2) is 5.78 Å². The predicted molar refractivity (Wildman–Crippen MR) is 59.2 cm³/mol. The monoisotopic (exact) mass is 207 g/mol. The summed E-state index contributed by atoms with van der Waals surface area (Å²) in [6, 6.07) is 3.66. The van der Waals surface area contributed by atoms with Crippen LogP contribution in [0.15, 0.2) is 12.1 Å². The number of aryl methyl sites for hydroxylation is 2. The van der Waals surface area contributed by atoms with E-state index in [0.717, 1.165) is 17.8 Å². The Morgan fingerprint density at radius 1 is 1.40 bits per heavy atom. The van der Waals surface area contributed by atoms with Crippen molar-refractivity contribution in [1.82, 2.24) is 4.98 Å². The Morgan fingerprint density at radius 3 is 2.73 bits per heavy atom. The molecule has 0 spiro atoms. The zero-order valence-electron chi connectivity index (χ0n) is 9.54. The van der Waals surface area contributed by atoms with Crippen LogP contribution in [-0.4, -0.2) is 24.0 Å². The van der Waals surface area contributed by atoms with Crippen LogP contribution in [0, 0.1) is 13.8 Å². The Morgan fingerprint density at radius 2 is 2.13 bits per heavy atom. The summed E-state index contributed by atoms with van der Waals surface area (Å²) in [7, 11) is 0. The molecule has 0 saturated heterocycles. The molecule has 0 saturated carbocycles. The van der Waals surface area contributed by atoms with Gasteiger partial charge in [0, 0.05) is 23.6 Å². The first kappa shape index (κ1) is 11.9. The van der Waals surface area contributed by atoms with E-state index < -0.39 is 0 Å². The number of carbonyl (C=O) groups is 1. The largest absolute Gasteiger partial charge is 0.373 e. The molecule has 1 rings (SSSR count). The van der Waals surface area contributed by atoms with E-state index in [1.54, 1.807) is 0 Å². The van der Waals surface area contributed by atoms with Gasteiger partial charge in [0.25, 0.3) is 0 Å². The third-order valence-corrected chi connectivity index (χ3v) is 2.11. The number of hydrogen-bond acceptors (Lipinski definition) is 3. The van der Waals surface area contributed by atoms with Crippen LogP contribution in [0.4, 0.5) is 0 Å². The van der Waals surface area contributed by atoms with Crippen molar-refractivity contribution < 1.29 is 9.53 Å². The van der Waals surface area contributed by atoms with E-state index in [-0.39, 0.29) is 12.4 Å². The molecule has 0 bridgehead atoms. The molecule has 3 nitrogen and oxygen atoms in total. The van der Waals surface area contributed by atoms with Crippen molar-refractivity contribution in [2.45, 2.75) is 27.2 Å². The zero-order chi connectivity index (χ0) is 11.3. The molecule has 0 radical (unpaired) electrons. The minimum Gasteiger partial charge on any atom is -0.373 e. The number of rotatable bonds is 5. The molecule has 82 valence electrons. The lowest BCUT2D eigenvalue weighted by Gasteiger charge is -2.05. The van der Waals surface area contributed by atoms with Crippen LogP contribution >= 0.6 is 0 Å². The highest BCUT2D eigenvalue weighted by atomic mass is 16.5. The van der Waals surface area contributed by atoms with Crippen molar-refractivity contribution in [3.63, 3.8) is 0 Å². The fourth-order valence-corrected chi connectivity index (χ4v) is 1.37. The second kappa shape index (κ2) is 5.61. The molecule has 0 N–H and O–H groups in total. The predicted octanol–water partition coefficient (Wildman–Crippen LogP) is 2.31. The molecule has 0 aromatic carbocycles. The van der Waals surface area contributed by atoms with Crippen molar-refractivity contribution in [2.24, 2.45) is 0 Å². The van der Waals surface area contributed by atoms with Crippen molar-refractivity contribution in [3.8, 4) is 0 Å². The van der Waals surface area contributed by atoms with Crippen LogP contribution in [0.5, 0.6) is 0 Å². The minimum absolute atomic E-state index is 0.00782. The molecule has 0 atom stereocenters. The number of Topliss-reactive ketones (excluding diaryl/α,β-unsaturated/α-hetero) is 1. The number of hydrogen-bond donors (Lipinski definition) is 0. The molecule has 0 amide bonds. The summed E-state index contributed by atoms with van der Waals surface area (Å²) in [5.74, 6) is 0.00782. The summed E-state index contributed by atoms with van der Waals surface area (Å²) in [6.07, 6.45) is 0.929. The molecule has 0 aliphatic rings. The number of nitrogens with zero attached hydrogens (tertiary/aromatic N) is 1. The molecule has 15 heavy (non-hydrogen) atoms. The van der Waals surface area contributed by atoms with Crippen molar-refractivity contribution in [1.29, 1.82) is 0 Å². The summed E-state index contributed by atoms with van der Waals surface area (Å²) in [5, 5.41) is 0. The highest BCUT2D eigenvalue weighted by Crippen LogP contribution is 2.07. The van der Waals surface area contributed by atoms with Gasteiger partial charge in [-0.15, -0.1) is 0 Å². The number of carbonyl (C=O) groups excluding carboxylic acids is 1. The third kappa shape index (κ3) is 3.44. The first-order valence-electron chi connectivity index (χ1n) is 5.20. The molecule has 1 aromatic heterocycles. The normalized spacial score (nSPS) is 10.3. The highest BCUT2D eigenvalue weighted by Gasteiger charge is 2.09. The molecule has 0 fully saturated rings. The average molecular weight is 207 g/mol. The molecular formula is C12H17NO2. The maximum absolute atomic E-state index is 11.7. The maximum Gasteiger partial charge on any atom is 0.190 e. The van der Waals surface area contributed by atoms with E-state index in [1.807, 2.05) is 32.9 Å².